The second kappa shape index (κ2) is 7.59. The summed E-state index contributed by atoms with van der Waals surface area (Å²) < 4.78 is 10.7. The molecule has 0 aliphatic carbocycles. The van der Waals surface area contributed by atoms with Gasteiger partial charge in [-0.3, -0.25) is 0 Å². The number of carbonyl (C=O) groups is 1. The molecule has 0 unspecified atom stereocenters. The number of thioether (sulfide) groups is 1. The Morgan fingerprint density at radius 3 is 2.62 bits per heavy atom. The average molecular weight is 304 g/mol. The van der Waals surface area contributed by atoms with Crippen molar-refractivity contribution >= 4 is 17.7 Å². The maximum absolute atomic E-state index is 11.1. The van der Waals surface area contributed by atoms with E-state index in [0.717, 1.165) is 10.6 Å². The van der Waals surface area contributed by atoms with Crippen LogP contribution in [0.3, 0.4) is 0 Å². The summed E-state index contributed by atoms with van der Waals surface area (Å²) in [4.78, 5) is 12.3. The summed E-state index contributed by atoms with van der Waals surface area (Å²) in [6.07, 6.45) is 0. The first kappa shape index (κ1) is 15.3. The number of ether oxygens (including phenoxy) is 2. The third-order valence-electron chi connectivity index (χ3n) is 2.77. The van der Waals surface area contributed by atoms with E-state index in [9.17, 15) is 4.79 Å². The molecular formula is C16H16O4S. The van der Waals surface area contributed by atoms with Gasteiger partial charge in [-0.25, -0.2) is 4.79 Å². The molecule has 0 amide bonds. The van der Waals surface area contributed by atoms with E-state index in [1.807, 2.05) is 30.3 Å². The zero-order chi connectivity index (χ0) is 15.1. The van der Waals surface area contributed by atoms with Crippen molar-refractivity contribution < 1.29 is 19.4 Å². The molecule has 5 heteroatoms. The Morgan fingerprint density at radius 2 is 1.95 bits per heavy atom. The monoisotopic (exact) mass is 304 g/mol. The van der Waals surface area contributed by atoms with Crippen molar-refractivity contribution in [2.75, 3.05) is 19.5 Å². The summed E-state index contributed by atoms with van der Waals surface area (Å²) in [6.45, 7) is 0.424. The van der Waals surface area contributed by atoms with Crippen LogP contribution in [-0.2, 0) is 0 Å². The molecule has 0 saturated heterocycles. The van der Waals surface area contributed by atoms with Crippen LogP contribution in [0.1, 0.15) is 10.4 Å². The third kappa shape index (κ3) is 4.43. The van der Waals surface area contributed by atoms with E-state index in [1.54, 1.807) is 23.9 Å². The van der Waals surface area contributed by atoms with Crippen LogP contribution in [0.15, 0.2) is 53.4 Å². The fourth-order valence-corrected chi connectivity index (χ4v) is 2.51. The van der Waals surface area contributed by atoms with E-state index in [0.29, 0.717) is 18.1 Å². The highest BCUT2D eigenvalue weighted by atomic mass is 32.2. The van der Waals surface area contributed by atoms with Crippen LogP contribution in [0.25, 0.3) is 0 Å². The summed E-state index contributed by atoms with van der Waals surface area (Å²) in [5, 5.41) is 9.14. The molecule has 0 aliphatic rings. The van der Waals surface area contributed by atoms with E-state index in [2.05, 4.69) is 0 Å². The zero-order valence-electron chi connectivity index (χ0n) is 11.6. The Hall–Kier alpha value is -2.14. The Kier molecular flexibility index (Phi) is 5.51. The molecule has 1 N–H and O–H groups in total. The van der Waals surface area contributed by atoms with Crippen molar-refractivity contribution in [1.29, 1.82) is 0 Å². The molecule has 0 spiro atoms. The van der Waals surface area contributed by atoms with Crippen molar-refractivity contribution in [2.24, 2.45) is 0 Å². The van der Waals surface area contributed by atoms with Gasteiger partial charge < -0.3 is 14.6 Å². The second-order valence-corrected chi connectivity index (χ2v) is 5.35. The van der Waals surface area contributed by atoms with Crippen LogP contribution in [0, 0.1) is 0 Å². The first-order chi connectivity index (χ1) is 10.2. The molecule has 0 radical (unpaired) electrons. The summed E-state index contributed by atoms with van der Waals surface area (Å²) >= 11 is 1.66. The van der Waals surface area contributed by atoms with Gasteiger partial charge in [0.1, 0.15) is 17.1 Å². The molecule has 2 aromatic carbocycles. The predicted molar refractivity (Wildman–Crippen MR) is 82.6 cm³/mol. The van der Waals surface area contributed by atoms with Crippen LogP contribution in [0.2, 0.25) is 0 Å². The molecular weight excluding hydrogens is 288 g/mol. The molecule has 0 atom stereocenters. The lowest BCUT2D eigenvalue weighted by Crippen LogP contribution is -2.06. The first-order valence-corrected chi connectivity index (χ1v) is 7.41. The molecule has 21 heavy (non-hydrogen) atoms. The van der Waals surface area contributed by atoms with Gasteiger partial charge in [-0.15, -0.1) is 11.8 Å². The lowest BCUT2D eigenvalue weighted by Gasteiger charge is -2.10. The number of benzene rings is 2. The lowest BCUT2D eigenvalue weighted by molar-refractivity contribution is 0.0692. The topological polar surface area (TPSA) is 55.8 Å². The summed E-state index contributed by atoms with van der Waals surface area (Å²) in [7, 11) is 1.53. The molecule has 0 fully saturated rings. The van der Waals surface area contributed by atoms with E-state index in [4.69, 9.17) is 14.6 Å². The van der Waals surface area contributed by atoms with Crippen LogP contribution < -0.4 is 9.47 Å². The Bertz CT molecular complexity index is 598. The summed E-state index contributed by atoms with van der Waals surface area (Å²) in [5.74, 6) is 0.630. The van der Waals surface area contributed by atoms with Crippen LogP contribution >= 0.6 is 11.8 Å². The van der Waals surface area contributed by atoms with Crippen molar-refractivity contribution in [3.8, 4) is 11.5 Å². The molecule has 0 bridgehead atoms. The van der Waals surface area contributed by atoms with E-state index >= 15 is 0 Å². The highest BCUT2D eigenvalue weighted by Crippen LogP contribution is 2.25. The van der Waals surface area contributed by atoms with Gasteiger partial charge in [-0.2, -0.15) is 0 Å². The normalized spacial score (nSPS) is 10.1. The minimum Gasteiger partial charge on any atom is -0.497 e. The molecule has 0 heterocycles. The Morgan fingerprint density at radius 1 is 1.19 bits per heavy atom. The maximum atomic E-state index is 11.1. The van der Waals surface area contributed by atoms with Crippen LogP contribution in [0.5, 0.6) is 11.5 Å². The van der Waals surface area contributed by atoms with Crippen molar-refractivity contribution in [2.45, 2.75) is 4.90 Å². The van der Waals surface area contributed by atoms with Crippen LogP contribution in [0.4, 0.5) is 0 Å². The Labute approximate surface area is 127 Å². The highest BCUT2D eigenvalue weighted by Gasteiger charge is 2.12. The van der Waals surface area contributed by atoms with Gasteiger partial charge in [0.25, 0.3) is 0 Å². The SMILES string of the molecule is COc1ccc(C(=O)O)c(OCCSc2ccccc2)c1. The third-order valence-corrected chi connectivity index (χ3v) is 3.75. The number of rotatable bonds is 7. The zero-order valence-corrected chi connectivity index (χ0v) is 12.4. The van der Waals surface area contributed by atoms with Gasteiger partial charge in [-0.1, -0.05) is 18.2 Å². The lowest BCUT2D eigenvalue weighted by atomic mass is 10.2. The van der Waals surface area contributed by atoms with Crippen molar-refractivity contribution in [3.05, 3.63) is 54.1 Å². The van der Waals surface area contributed by atoms with Gasteiger partial charge in [0.05, 0.1) is 13.7 Å². The largest absolute Gasteiger partial charge is 0.497 e. The first-order valence-electron chi connectivity index (χ1n) is 6.42. The average Bonchev–Trinajstić information content (AvgIpc) is 2.52. The second-order valence-electron chi connectivity index (χ2n) is 4.18. The van der Waals surface area contributed by atoms with Gasteiger partial charge >= 0.3 is 5.97 Å². The number of hydrogen-bond acceptors (Lipinski definition) is 4. The van der Waals surface area contributed by atoms with E-state index in [-0.39, 0.29) is 5.56 Å². The number of methoxy groups -OCH3 is 1. The van der Waals surface area contributed by atoms with E-state index in [1.165, 1.54) is 13.2 Å². The fourth-order valence-electron chi connectivity index (χ4n) is 1.75. The fraction of sp³-hybridized carbons (Fsp3) is 0.188. The molecule has 2 aromatic rings. The van der Waals surface area contributed by atoms with E-state index < -0.39 is 5.97 Å². The summed E-state index contributed by atoms with van der Waals surface area (Å²) in [5.41, 5.74) is 0.139. The number of carboxylic acid groups (broad SMARTS) is 1. The Balaban J connectivity index is 1.94. The quantitative estimate of drug-likeness (QED) is 0.626. The molecule has 2 rings (SSSR count). The number of hydrogen-bond donors (Lipinski definition) is 1. The minimum absolute atomic E-state index is 0.139. The molecule has 0 aromatic heterocycles. The molecule has 110 valence electrons. The van der Waals surface area contributed by atoms with Crippen LogP contribution in [-0.4, -0.2) is 30.5 Å². The van der Waals surface area contributed by atoms with Crippen molar-refractivity contribution in [3.63, 3.8) is 0 Å². The molecule has 0 saturated carbocycles. The smallest absolute Gasteiger partial charge is 0.339 e. The number of aromatic carboxylic acids is 1. The van der Waals surface area contributed by atoms with Gasteiger partial charge in [0.15, 0.2) is 0 Å². The maximum Gasteiger partial charge on any atom is 0.339 e. The van der Waals surface area contributed by atoms with Gasteiger partial charge in [-0.05, 0) is 24.3 Å². The predicted octanol–water partition coefficient (Wildman–Crippen LogP) is 3.56. The highest BCUT2D eigenvalue weighted by molar-refractivity contribution is 7.99. The summed E-state index contributed by atoms with van der Waals surface area (Å²) in [6, 6.07) is 14.7. The molecule has 0 aliphatic heterocycles. The number of carboxylic acids is 1. The minimum atomic E-state index is -1.01. The van der Waals surface area contributed by atoms with Gasteiger partial charge in [0.2, 0.25) is 0 Å². The van der Waals surface area contributed by atoms with Gasteiger partial charge in [0, 0.05) is 16.7 Å². The van der Waals surface area contributed by atoms with Crippen molar-refractivity contribution in [1.82, 2.24) is 0 Å². The standard InChI is InChI=1S/C16H16O4S/c1-19-12-7-8-14(16(17)18)15(11-12)20-9-10-21-13-5-3-2-4-6-13/h2-8,11H,9-10H2,1H3,(H,17,18). The molecule has 4 nitrogen and oxygen atoms in total.